The third-order valence-corrected chi connectivity index (χ3v) is 9.83. The third-order valence-electron chi connectivity index (χ3n) is 9.83. The second-order valence-corrected chi connectivity index (χ2v) is 12.4. The number of phenols is 1. The first-order valence-corrected chi connectivity index (χ1v) is 15.6. The molecule has 0 bridgehead atoms. The molecule has 0 aromatic heterocycles. The maximum Gasteiger partial charge on any atom is 0.238 e. The zero-order valence-electron chi connectivity index (χ0n) is 26.2. The number of ketones is 2. The van der Waals surface area contributed by atoms with Crippen molar-refractivity contribution < 1.29 is 33.8 Å². The van der Waals surface area contributed by atoms with Crippen LogP contribution < -0.4 is 14.4 Å². The van der Waals surface area contributed by atoms with Crippen LogP contribution in [0.4, 0.5) is 5.69 Å². The van der Waals surface area contributed by atoms with E-state index in [1.165, 1.54) is 11.0 Å². The van der Waals surface area contributed by atoms with E-state index < -0.39 is 23.7 Å². The summed E-state index contributed by atoms with van der Waals surface area (Å²) >= 11 is 0. The Balaban J connectivity index is 1.20. The summed E-state index contributed by atoms with van der Waals surface area (Å²) in [5, 5.41) is 9.95. The van der Waals surface area contributed by atoms with Crippen LogP contribution in [0.25, 0.3) is 12.2 Å². The summed E-state index contributed by atoms with van der Waals surface area (Å²) in [6.07, 6.45) is 7.78. The van der Waals surface area contributed by atoms with Crippen molar-refractivity contribution >= 4 is 41.2 Å². The van der Waals surface area contributed by atoms with Crippen molar-refractivity contribution in [3.63, 3.8) is 0 Å². The number of amides is 2. The molecule has 7 rings (SSSR count). The minimum atomic E-state index is -0.662. The number of phenolic OH excluding ortho intramolecular Hbond substituents is 1. The van der Waals surface area contributed by atoms with E-state index in [0.717, 1.165) is 22.3 Å². The molecule has 4 atom stereocenters. The fraction of sp³-hybridized carbons (Fsp3) is 0.231. The number of nitrogens with zero attached hydrogens (tertiary/aromatic N) is 1. The van der Waals surface area contributed by atoms with Gasteiger partial charge in [0.1, 0.15) is 17.2 Å². The molecule has 0 spiro atoms. The highest BCUT2D eigenvalue weighted by atomic mass is 16.5. The predicted octanol–water partition coefficient (Wildman–Crippen LogP) is 6.21. The van der Waals surface area contributed by atoms with Crippen molar-refractivity contribution in [2.75, 3.05) is 19.1 Å². The van der Waals surface area contributed by atoms with Gasteiger partial charge in [-0.2, -0.15) is 0 Å². The molecule has 1 heterocycles. The van der Waals surface area contributed by atoms with Crippen molar-refractivity contribution in [2.45, 2.75) is 25.7 Å². The van der Waals surface area contributed by atoms with Crippen LogP contribution in [0.5, 0.6) is 17.2 Å². The standard InChI is InChI=1S/C39H33NO7/c1-21-18-32(42)36-31(37(21)43)20-30-28(34(36)23-8-12-26(41)13-9-23)15-16-29-35(30)39(45)40(38(29)44)25-10-5-22(6-11-25)4-7-24-19-27(46-2)14-17-33(24)47-3/h4-15,17-19,29-30,34-35,41H,16,20H2,1-3H3/t29-,30+,34-,35-/m0/s1. The number of hydrogen-bond donors (Lipinski definition) is 1. The lowest BCUT2D eigenvalue weighted by atomic mass is 9.59. The molecule has 4 aliphatic rings. The van der Waals surface area contributed by atoms with E-state index in [2.05, 4.69) is 0 Å². The number of ether oxygens (including phenoxy) is 2. The number of methoxy groups -OCH3 is 2. The molecule has 1 saturated heterocycles. The molecule has 236 valence electrons. The number of rotatable bonds is 6. The molecule has 8 nitrogen and oxygen atoms in total. The van der Waals surface area contributed by atoms with Gasteiger partial charge in [-0.25, -0.2) is 0 Å². The normalized spacial score (nSPS) is 23.8. The number of hydrogen-bond acceptors (Lipinski definition) is 7. The summed E-state index contributed by atoms with van der Waals surface area (Å²) in [6.45, 7) is 1.63. The Kier molecular flexibility index (Phi) is 7.51. The highest BCUT2D eigenvalue weighted by molar-refractivity contribution is 6.25. The number of aromatic hydroxyl groups is 1. The number of anilines is 1. The van der Waals surface area contributed by atoms with Crippen LogP contribution in [-0.2, 0) is 19.2 Å². The summed E-state index contributed by atoms with van der Waals surface area (Å²) in [5.41, 5.74) is 5.03. The summed E-state index contributed by atoms with van der Waals surface area (Å²) in [6, 6.07) is 19.4. The number of fused-ring (bicyclic) bond motifs is 3. The van der Waals surface area contributed by atoms with E-state index in [4.69, 9.17) is 9.47 Å². The van der Waals surface area contributed by atoms with Gasteiger partial charge >= 0.3 is 0 Å². The van der Waals surface area contributed by atoms with Gasteiger partial charge in [-0.15, -0.1) is 0 Å². The van der Waals surface area contributed by atoms with E-state index in [-0.39, 0.29) is 35.6 Å². The number of benzene rings is 3. The monoisotopic (exact) mass is 627 g/mol. The summed E-state index contributed by atoms with van der Waals surface area (Å²) < 4.78 is 10.8. The highest BCUT2D eigenvalue weighted by Crippen LogP contribution is 2.55. The lowest BCUT2D eigenvalue weighted by Gasteiger charge is -2.42. The second-order valence-electron chi connectivity index (χ2n) is 12.4. The van der Waals surface area contributed by atoms with Gasteiger partial charge in [-0.3, -0.25) is 24.1 Å². The molecule has 47 heavy (non-hydrogen) atoms. The molecule has 2 amide bonds. The van der Waals surface area contributed by atoms with Crippen LogP contribution >= 0.6 is 0 Å². The third kappa shape index (κ3) is 5.01. The maximum atomic E-state index is 14.2. The molecule has 1 fully saturated rings. The molecular formula is C39H33NO7. The van der Waals surface area contributed by atoms with E-state index >= 15 is 0 Å². The summed E-state index contributed by atoms with van der Waals surface area (Å²) in [7, 11) is 3.21. The molecule has 0 saturated carbocycles. The highest BCUT2D eigenvalue weighted by Gasteiger charge is 2.56. The lowest BCUT2D eigenvalue weighted by molar-refractivity contribution is -0.123. The number of carbonyl (C=O) groups excluding carboxylic acids is 4. The van der Waals surface area contributed by atoms with Gasteiger partial charge in [0, 0.05) is 28.2 Å². The number of Topliss-reactive ketones (excluding diaryl/α,β-unsaturated/α-hetero) is 1. The zero-order valence-corrected chi connectivity index (χ0v) is 26.2. The van der Waals surface area contributed by atoms with Crippen molar-refractivity contribution in [1.82, 2.24) is 0 Å². The zero-order chi connectivity index (χ0) is 33.0. The van der Waals surface area contributed by atoms with E-state index in [9.17, 15) is 24.3 Å². The van der Waals surface area contributed by atoms with Gasteiger partial charge in [-0.1, -0.05) is 48.1 Å². The van der Waals surface area contributed by atoms with Gasteiger partial charge in [0.15, 0.2) is 11.6 Å². The average molecular weight is 628 g/mol. The number of imide groups is 1. The Hall–Kier alpha value is -5.50. The van der Waals surface area contributed by atoms with Crippen molar-refractivity contribution in [2.24, 2.45) is 17.8 Å². The summed E-state index contributed by atoms with van der Waals surface area (Å²) in [4.78, 5) is 56.2. The largest absolute Gasteiger partial charge is 0.508 e. The molecule has 3 aliphatic carbocycles. The first kappa shape index (κ1) is 30.2. The van der Waals surface area contributed by atoms with Gasteiger partial charge in [0.25, 0.3) is 0 Å². The molecule has 3 aromatic carbocycles. The molecule has 8 heteroatoms. The van der Waals surface area contributed by atoms with Gasteiger partial charge in [0.2, 0.25) is 11.8 Å². The predicted molar refractivity (Wildman–Crippen MR) is 177 cm³/mol. The first-order valence-electron chi connectivity index (χ1n) is 15.6. The van der Waals surface area contributed by atoms with E-state index in [0.29, 0.717) is 40.3 Å². The van der Waals surface area contributed by atoms with Crippen molar-refractivity contribution in [3.05, 3.63) is 118 Å². The van der Waals surface area contributed by atoms with Crippen LogP contribution in [0.3, 0.4) is 0 Å². The van der Waals surface area contributed by atoms with Crippen LogP contribution in [0.2, 0.25) is 0 Å². The number of carbonyl (C=O) groups is 4. The number of allylic oxidation sites excluding steroid dienone is 6. The maximum absolute atomic E-state index is 14.2. The van der Waals surface area contributed by atoms with Gasteiger partial charge in [-0.05, 0) is 85.4 Å². The Bertz CT molecular complexity index is 1960. The minimum absolute atomic E-state index is 0.0866. The SMILES string of the molecule is COc1ccc(OC)c(C=Cc2ccc(N3C(=O)[C@H]4[C@H](CC=C5[C@H](c6ccc(O)cc6)C6=C(C[C@H]54)C(=O)C(C)=CC6=O)C3=O)cc2)c1. The fourth-order valence-corrected chi connectivity index (χ4v) is 7.57. The van der Waals surface area contributed by atoms with Crippen molar-refractivity contribution in [1.29, 1.82) is 0 Å². The lowest BCUT2D eigenvalue weighted by Crippen LogP contribution is -2.39. The van der Waals surface area contributed by atoms with Crippen LogP contribution in [0, 0.1) is 17.8 Å². The minimum Gasteiger partial charge on any atom is -0.508 e. The molecule has 1 N–H and O–H groups in total. The molecule has 1 aliphatic heterocycles. The van der Waals surface area contributed by atoms with Crippen LogP contribution in [-0.4, -0.2) is 42.7 Å². The quantitative estimate of drug-likeness (QED) is 0.150. The Morgan fingerprint density at radius 1 is 0.851 bits per heavy atom. The van der Waals surface area contributed by atoms with Gasteiger partial charge in [0.05, 0.1) is 31.7 Å². The van der Waals surface area contributed by atoms with Crippen molar-refractivity contribution in [3.8, 4) is 17.2 Å². The molecule has 0 radical (unpaired) electrons. The molecule has 3 aromatic rings. The van der Waals surface area contributed by atoms with E-state index in [1.807, 2.05) is 48.6 Å². The van der Waals surface area contributed by atoms with Crippen LogP contribution in [0.1, 0.15) is 42.4 Å². The summed E-state index contributed by atoms with van der Waals surface area (Å²) in [5.74, 6) is -1.67. The topological polar surface area (TPSA) is 110 Å². The molecule has 0 unspecified atom stereocenters. The average Bonchev–Trinajstić information content (AvgIpc) is 3.35. The smallest absolute Gasteiger partial charge is 0.238 e. The van der Waals surface area contributed by atoms with Gasteiger partial charge < -0.3 is 14.6 Å². The van der Waals surface area contributed by atoms with E-state index in [1.54, 1.807) is 57.5 Å². The fourth-order valence-electron chi connectivity index (χ4n) is 7.57. The first-order chi connectivity index (χ1) is 22.7. The second kappa shape index (κ2) is 11.7. The Morgan fingerprint density at radius 2 is 1.60 bits per heavy atom. The Labute approximate surface area is 272 Å². The molecular weight excluding hydrogens is 594 g/mol. The Morgan fingerprint density at radius 3 is 2.30 bits per heavy atom. The van der Waals surface area contributed by atoms with Crippen LogP contribution in [0.15, 0.2) is 101 Å².